The second-order valence-corrected chi connectivity index (χ2v) is 10.6. The van der Waals surface area contributed by atoms with Crippen molar-refractivity contribution in [1.82, 2.24) is 29.7 Å². The number of hydrogen-bond acceptors (Lipinski definition) is 8. The van der Waals surface area contributed by atoms with Crippen molar-refractivity contribution >= 4 is 32.7 Å². The van der Waals surface area contributed by atoms with Crippen LogP contribution in [0.3, 0.4) is 0 Å². The number of rotatable bonds is 4. The Labute approximate surface area is 181 Å². The summed E-state index contributed by atoms with van der Waals surface area (Å²) in [5, 5.41) is 22.9. The van der Waals surface area contributed by atoms with Crippen LogP contribution in [0.4, 0.5) is 0 Å². The maximum Gasteiger partial charge on any atom is 0.261 e. The molecule has 12 heteroatoms. The number of sulfone groups is 1. The van der Waals surface area contributed by atoms with Crippen LogP contribution in [0.2, 0.25) is 0 Å². The molecule has 1 fully saturated rings. The van der Waals surface area contributed by atoms with Gasteiger partial charge in [0, 0.05) is 42.3 Å². The zero-order chi connectivity index (χ0) is 21.8. The van der Waals surface area contributed by atoms with Crippen LogP contribution >= 0.6 is 11.3 Å². The molecule has 1 aliphatic heterocycles. The third kappa shape index (κ3) is 3.73. The van der Waals surface area contributed by atoms with Gasteiger partial charge in [0.05, 0.1) is 40.9 Å². The summed E-state index contributed by atoms with van der Waals surface area (Å²) in [5.41, 5.74) is 4.02. The highest BCUT2D eigenvalue weighted by molar-refractivity contribution is 7.91. The van der Waals surface area contributed by atoms with E-state index in [1.807, 2.05) is 24.8 Å². The van der Waals surface area contributed by atoms with Gasteiger partial charge in [-0.05, 0) is 17.0 Å². The molecule has 4 aromatic rings. The number of nitrogens with zero attached hydrogens (tertiary/aromatic N) is 5. The van der Waals surface area contributed by atoms with E-state index >= 15 is 0 Å². The second kappa shape index (κ2) is 7.25. The molecule has 2 atom stereocenters. The number of hydrogen-bond donors (Lipinski definition) is 2. The molecule has 0 bridgehead atoms. The van der Waals surface area contributed by atoms with Crippen LogP contribution < -0.4 is 5.32 Å². The number of amides is 1. The highest BCUT2D eigenvalue weighted by Crippen LogP contribution is 2.29. The van der Waals surface area contributed by atoms with E-state index in [9.17, 15) is 18.3 Å². The fourth-order valence-electron chi connectivity index (χ4n) is 3.60. The molecule has 1 saturated heterocycles. The van der Waals surface area contributed by atoms with Gasteiger partial charge in [0.2, 0.25) is 0 Å². The summed E-state index contributed by atoms with van der Waals surface area (Å²) in [6, 6.07) is 0.913. The van der Waals surface area contributed by atoms with E-state index in [1.165, 1.54) is 11.3 Å². The molecule has 0 spiro atoms. The summed E-state index contributed by atoms with van der Waals surface area (Å²) in [4.78, 5) is 17.5. The Balaban J connectivity index is 1.38. The van der Waals surface area contributed by atoms with Crippen molar-refractivity contribution in [2.24, 2.45) is 7.05 Å². The number of thiophene rings is 1. The van der Waals surface area contributed by atoms with Gasteiger partial charge in [0.25, 0.3) is 5.91 Å². The zero-order valence-electron chi connectivity index (χ0n) is 16.3. The number of aliphatic hydroxyl groups excluding tert-OH is 1. The lowest BCUT2D eigenvalue weighted by atomic mass is 10.1. The Morgan fingerprint density at radius 2 is 1.97 bits per heavy atom. The predicted molar refractivity (Wildman–Crippen MR) is 114 cm³/mol. The largest absolute Gasteiger partial charge is 0.390 e. The van der Waals surface area contributed by atoms with Crippen LogP contribution in [-0.2, 0) is 16.9 Å². The van der Waals surface area contributed by atoms with Gasteiger partial charge in [0.15, 0.2) is 15.5 Å². The SMILES string of the molecule is Cn1cc(-c2cnc3c(-c4csc(C(=O)N[C@@H]5CS(=O)(=O)C[C@H]5O)c4)cnn3c2)cn1. The van der Waals surface area contributed by atoms with E-state index in [2.05, 4.69) is 20.5 Å². The van der Waals surface area contributed by atoms with Gasteiger partial charge >= 0.3 is 0 Å². The topological polar surface area (TPSA) is 131 Å². The van der Waals surface area contributed by atoms with Gasteiger partial charge in [-0.2, -0.15) is 10.2 Å². The first kappa shape index (κ1) is 19.8. The minimum Gasteiger partial charge on any atom is -0.390 e. The summed E-state index contributed by atoms with van der Waals surface area (Å²) in [6.07, 6.45) is 7.86. The van der Waals surface area contributed by atoms with Gasteiger partial charge < -0.3 is 10.4 Å². The van der Waals surface area contributed by atoms with Gasteiger partial charge in [-0.15, -0.1) is 11.3 Å². The summed E-state index contributed by atoms with van der Waals surface area (Å²) >= 11 is 1.23. The lowest BCUT2D eigenvalue weighted by Gasteiger charge is -2.13. The molecule has 1 amide bonds. The van der Waals surface area contributed by atoms with Gasteiger partial charge in [-0.1, -0.05) is 0 Å². The first-order chi connectivity index (χ1) is 14.8. The van der Waals surface area contributed by atoms with Crippen LogP contribution in [0.5, 0.6) is 0 Å². The molecular formula is C19H18N6O4S2. The second-order valence-electron chi connectivity index (χ2n) is 7.50. The van der Waals surface area contributed by atoms with E-state index in [1.54, 1.807) is 33.9 Å². The highest BCUT2D eigenvalue weighted by Gasteiger charge is 2.37. The Bertz CT molecular complexity index is 1400. The van der Waals surface area contributed by atoms with Crippen molar-refractivity contribution in [3.05, 3.63) is 47.3 Å². The van der Waals surface area contributed by atoms with Crippen LogP contribution in [0.1, 0.15) is 9.67 Å². The first-order valence-electron chi connectivity index (χ1n) is 9.40. The van der Waals surface area contributed by atoms with E-state index in [4.69, 9.17) is 0 Å². The number of carbonyl (C=O) groups excluding carboxylic acids is 1. The highest BCUT2D eigenvalue weighted by atomic mass is 32.2. The summed E-state index contributed by atoms with van der Waals surface area (Å²) in [6.45, 7) is 0. The van der Waals surface area contributed by atoms with Crippen molar-refractivity contribution < 1.29 is 18.3 Å². The standard InChI is InChI=1S/C19H18N6O4S2/c1-24-6-13(4-21-24)12-3-20-18-14(5-22-25(18)7-12)11-2-17(30-8-11)19(27)23-15-9-31(28,29)10-16(15)26/h2-8,15-16,26H,9-10H2,1H3,(H,23,27)/t15-,16-/m1/s1. The normalized spacial score (nSPS) is 20.3. The van der Waals surface area contributed by atoms with Crippen LogP contribution in [0, 0.1) is 0 Å². The summed E-state index contributed by atoms with van der Waals surface area (Å²) < 4.78 is 26.7. The van der Waals surface area contributed by atoms with Crippen molar-refractivity contribution in [1.29, 1.82) is 0 Å². The van der Waals surface area contributed by atoms with Crippen molar-refractivity contribution in [3.63, 3.8) is 0 Å². The Morgan fingerprint density at radius 3 is 2.68 bits per heavy atom. The fourth-order valence-corrected chi connectivity index (χ4v) is 6.15. The molecule has 0 unspecified atom stereocenters. The quantitative estimate of drug-likeness (QED) is 0.461. The molecular weight excluding hydrogens is 440 g/mol. The first-order valence-corrected chi connectivity index (χ1v) is 12.1. The van der Waals surface area contributed by atoms with Gasteiger partial charge in [-0.25, -0.2) is 17.9 Å². The molecule has 0 aromatic carbocycles. The molecule has 0 aliphatic carbocycles. The maximum atomic E-state index is 12.6. The number of aryl methyl sites for hydroxylation is 1. The Hall–Kier alpha value is -3.09. The Morgan fingerprint density at radius 1 is 1.16 bits per heavy atom. The number of aromatic nitrogens is 5. The predicted octanol–water partition coefficient (Wildman–Crippen LogP) is 0.746. The average Bonchev–Trinajstić information content (AvgIpc) is 3.47. The lowest BCUT2D eigenvalue weighted by molar-refractivity contribution is 0.0893. The number of fused-ring (bicyclic) bond motifs is 1. The molecule has 1 aliphatic rings. The minimum absolute atomic E-state index is 0.255. The monoisotopic (exact) mass is 458 g/mol. The number of aliphatic hydroxyl groups is 1. The third-order valence-corrected chi connectivity index (χ3v) is 7.81. The van der Waals surface area contributed by atoms with E-state index in [0.29, 0.717) is 10.5 Å². The van der Waals surface area contributed by atoms with Crippen LogP contribution in [-0.4, -0.2) is 67.5 Å². The lowest BCUT2D eigenvalue weighted by Crippen LogP contribution is -2.42. The molecule has 0 saturated carbocycles. The summed E-state index contributed by atoms with van der Waals surface area (Å²) in [7, 11) is -1.49. The van der Waals surface area contributed by atoms with Gasteiger partial charge in [-0.3, -0.25) is 9.48 Å². The van der Waals surface area contributed by atoms with E-state index in [-0.39, 0.29) is 11.5 Å². The third-order valence-electron chi connectivity index (χ3n) is 5.17. The molecule has 5 rings (SSSR count). The molecule has 160 valence electrons. The fraction of sp³-hybridized carbons (Fsp3) is 0.263. The van der Waals surface area contributed by atoms with Gasteiger partial charge in [0.1, 0.15) is 0 Å². The van der Waals surface area contributed by atoms with Crippen LogP contribution in [0.25, 0.3) is 27.9 Å². The molecule has 2 N–H and O–H groups in total. The number of carbonyl (C=O) groups is 1. The molecule has 31 heavy (non-hydrogen) atoms. The van der Waals surface area contributed by atoms with Crippen molar-refractivity contribution in [2.45, 2.75) is 12.1 Å². The van der Waals surface area contributed by atoms with E-state index in [0.717, 1.165) is 22.3 Å². The minimum atomic E-state index is -3.34. The van der Waals surface area contributed by atoms with Crippen molar-refractivity contribution in [2.75, 3.05) is 11.5 Å². The number of nitrogens with one attached hydrogen (secondary N) is 1. The summed E-state index contributed by atoms with van der Waals surface area (Å²) in [5.74, 6) is -1.00. The Kier molecular flexibility index (Phi) is 4.64. The molecule has 5 heterocycles. The average molecular weight is 459 g/mol. The van der Waals surface area contributed by atoms with Crippen LogP contribution in [0.15, 0.2) is 42.4 Å². The zero-order valence-corrected chi connectivity index (χ0v) is 18.0. The molecule has 10 nitrogen and oxygen atoms in total. The van der Waals surface area contributed by atoms with Crippen molar-refractivity contribution in [3.8, 4) is 22.3 Å². The van der Waals surface area contributed by atoms with E-state index < -0.39 is 27.9 Å². The molecule has 0 radical (unpaired) electrons. The smallest absolute Gasteiger partial charge is 0.261 e. The maximum absolute atomic E-state index is 12.6. The molecule has 4 aromatic heterocycles.